The molecule has 0 amide bonds. The third kappa shape index (κ3) is 4.39. The molecule has 1 aliphatic carbocycles. The Bertz CT molecular complexity index is 431. The van der Waals surface area contributed by atoms with Gasteiger partial charge in [-0.15, -0.1) is 0 Å². The Morgan fingerprint density at radius 3 is 2.79 bits per heavy atom. The summed E-state index contributed by atoms with van der Waals surface area (Å²) in [4.78, 5) is 0. The van der Waals surface area contributed by atoms with E-state index in [1.165, 1.54) is 11.1 Å². The Morgan fingerprint density at radius 2 is 2.05 bits per heavy atom. The Balaban J connectivity index is 1.74. The smallest absolute Gasteiger partial charge is 0.310 e. The molecule has 1 atom stereocenters. The summed E-state index contributed by atoms with van der Waals surface area (Å²) in [7, 11) is 0. The second kappa shape index (κ2) is 6.14. The van der Waals surface area contributed by atoms with Crippen molar-refractivity contribution < 1.29 is 13.2 Å². The second-order valence-corrected chi connectivity index (χ2v) is 5.40. The molecular formula is C14H17ClF3N. The molecule has 1 unspecified atom stereocenters. The van der Waals surface area contributed by atoms with Crippen LogP contribution in [0.1, 0.15) is 42.9 Å². The molecule has 0 spiro atoms. The highest BCUT2D eigenvalue weighted by Crippen LogP contribution is 2.32. The van der Waals surface area contributed by atoms with Crippen LogP contribution in [0, 0.1) is 0 Å². The van der Waals surface area contributed by atoms with Crippen molar-refractivity contribution in [3.05, 3.63) is 34.3 Å². The molecule has 0 saturated heterocycles. The summed E-state index contributed by atoms with van der Waals surface area (Å²) in [5.41, 5.74) is 2.49. The van der Waals surface area contributed by atoms with E-state index in [1.54, 1.807) is 0 Å². The lowest BCUT2D eigenvalue weighted by Gasteiger charge is -2.14. The van der Waals surface area contributed by atoms with Crippen molar-refractivity contribution in [2.75, 3.05) is 6.54 Å². The summed E-state index contributed by atoms with van der Waals surface area (Å²) in [6, 6.07) is 6.11. The highest BCUT2D eigenvalue weighted by Gasteiger charge is 2.26. The van der Waals surface area contributed by atoms with E-state index in [4.69, 9.17) is 11.6 Å². The number of nitrogens with one attached hydrogen (secondary N) is 1. The monoisotopic (exact) mass is 291 g/mol. The maximum Gasteiger partial charge on any atom is 0.389 e. The van der Waals surface area contributed by atoms with Crippen molar-refractivity contribution in [3.8, 4) is 0 Å². The fourth-order valence-electron chi connectivity index (χ4n) is 2.52. The van der Waals surface area contributed by atoms with Crippen LogP contribution in [-0.4, -0.2) is 12.7 Å². The molecule has 2 rings (SSSR count). The van der Waals surface area contributed by atoms with Crippen LogP contribution in [0.15, 0.2) is 18.2 Å². The van der Waals surface area contributed by atoms with Crippen molar-refractivity contribution in [2.24, 2.45) is 0 Å². The fraction of sp³-hybridized carbons (Fsp3) is 0.571. The van der Waals surface area contributed by atoms with Crippen LogP contribution in [0.3, 0.4) is 0 Å². The van der Waals surface area contributed by atoms with E-state index in [0.29, 0.717) is 13.0 Å². The molecule has 0 aromatic heterocycles. The van der Waals surface area contributed by atoms with E-state index < -0.39 is 12.6 Å². The Hall–Kier alpha value is -0.740. The lowest BCUT2D eigenvalue weighted by molar-refractivity contribution is -0.135. The largest absolute Gasteiger partial charge is 0.389 e. The zero-order valence-corrected chi connectivity index (χ0v) is 11.3. The number of hydrogen-bond acceptors (Lipinski definition) is 1. The van der Waals surface area contributed by atoms with Gasteiger partial charge in [0.1, 0.15) is 0 Å². The quantitative estimate of drug-likeness (QED) is 0.779. The number of halogens is 4. The van der Waals surface area contributed by atoms with Gasteiger partial charge in [-0.05, 0) is 55.5 Å². The van der Waals surface area contributed by atoms with Crippen molar-refractivity contribution in [2.45, 2.75) is 44.3 Å². The Morgan fingerprint density at radius 1 is 1.26 bits per heavy atom. The van der Waals surface area contributed by atoms with Crippen LogP contribution in [0.4, 0.5) is 13.2 Å². The summed E-state index contributed by atoms with van der Waals surface area (Å²) in [5.74, 6) is 0. The van der Waals surface area contributed by atoms with Gasteiger partial charge >= 0.3 is 6.18 Å². The predicted molar refractivity (Wildman–Crippen MR) is 70.4 cm³/mol. The lowest BCUT2D eigenvalue weighted by Crippen LogP contribution is -2.20. The molecule has 1 aliphatic rings. The first-order chi connectivity index (χ1) is 8.96. The minimum Gasteiger partial charge on any atom is -0.310 e. The zero-order chi connectivity index (χ0) is 13.9. The molecule has 0 bridgehead atoms. The van der Waals surface area contributed by atoms with Crippen molar-refractivity contribution >= 4 is 11.6 Å². The van der Waals surface area contributed by atoms with E-state index in [-0.39, 0.29) is 12.5 Å². The first-order valence-electron chi connectivity index (χ1n) is 6.54. The van der Waals surface area contributed by atoms with E-state index in [2.05, 4.69) is 5.32 Å². The van der Waals surface area contributed by atoms with Gasteiger partial charge in [0.25, 0.3) is 0 Å². The van der Waals surface area contributed by atoms with Gasteiger partial charge < -0.3 is 5.32 Å². The summed E-state index contributed by atoms with van der Waals surface area (Å²) in [6.07, 6.45) is -2.00. The van der Waals surface area contributed by atoms with Gasteiger partial charge in [0, 0.05) is 17.5 Å². The molecule has 1 N–H and O–H groups in total. The SMILES string of the molecule is FC(F)(F)CCCCNC1CCc2cc(Cl)ccc21. The minimum atomic E-state index is -4.03. The van der Waals surface area contributed by atoms with Crippen molar-refractivity contribution in [1.29, 1.82) is 0 Å². The van der Waals surface area contributed by atoms with Crippen LogP contribution in [0.25, 0.3) is 0 Å². The van der Waals surface area contributed by atoms with Gasteiger partial charge in [0.2, 0.25) is 0 Å². The predicted octanol–water partition coefficient (Wildman–Crippen LogP) is 4.65. The molecular weight excluding hydrogens is 275 g/mol. The lowest BCUT2D eigenvalue weighted by atomic mass is 10.1. The van der Waals surface area contributed by atoms with Crippen LogP contribution >= 0.6 is 11.6 Å². The van der Waals surface area contributed by atoms with Gasteiger partial charge in [-0.2, -0.15) is 13.2 Å². The maximum atomic E-state index is 12.0. The molecule has 0 heterocycles. The number of hydrogen-bond donors (Lipinski definition) is 1. The number of unbranched alkanes of at least 4 members (excludes halogenated alkanes) is 1. The third-order valence-electron chi connectivity index (χ3n) is 3.46. The minimum absolute atomic E-state index is 0.191. The summed E-state index contributed by atoms with van der Waals surface area (Å²) >= 11 is 5.93. The van der Waals surface area contributed by atoms with Gasteiger partial charge in [-0.25, -0.2) is 0 Å². The van der Waals surface area contributed by atoms with Crippen LogP contribution in [0.5, 0.6) is 0 Å². The molecule has 0 radical (unpaired) electrons. The summed E-state index contributed by atoms with van der Waals surface area (Å²) < 4.78 is 36.0. The number of fused-ring (bicyclic) bond motifs is 1. The molecule has 106 valence electrons. The van der Waals surface area contributed by atoms with E-state index in [9.17, 15) is 13.2 Å². The molecule has 0 fully saturated rings. The first kappa shape index (κ1) is 14.7. The van der Waals surface area contributed by atoms with Crippen LogP contribution in [0.2, 0.25) is 5.02 Å². The average Bonchev–Trinajstić information content (AvgIpc) is 2.69. The Labute approximate surface area is 116 Å². The van der Waals surface area contributed by atoms with Gasteiger partial charge in [0.15, 0.2) is 0 Å². The number of aryl methyl sites for hydroxylation is 1. The van der Waals surface area contributed by atoms with Gasteiger partial charge in [0.05, 0.1) is 0 Å². The normalized spacial score (nSPS) is 18.6. The molecule has 1 nitrogen and oxygen atoms in total. The molecule has 1 aromatic carbocycles. The summed E-state index contributed by atoms with van der Waals surface area (Å²) in [5, 5.41) is 4.07. The van der Waals surface area contributed by atoms with Crippen molar-refractivity contribution in [1.82, 2.24) is 5.32 Å². The fourth-order valence-corrected chi connectivity index (χ4v) is 2.72. The topological polar surface area (TPSA) is 12.0 Å². The average molecular weight is 292 g/mol. The van der Waals surface area contributed by atoms with E-state index in [0.717, 1.165) is 17.9 Å². The van der Waals surface area contributed by atoms with Crippen LogP contribution < -0.4 is 5.32 Å². The number of benzene rings is 1. The van der Waals surface area contributed by atoms with Gasteiger partial charge in [-0.3, -0.25) is 0 Å². The molecule has 19 heavy (non-hydrogen) atoms. The molecule has 5 heteroatoms. The zero-order valence-electron chi connectivity index (χ0n) is 10.6. The number of alkyl halides is 3. The molecule has 0 aliphatic heterocycles. The first-order valence-corrected chi connectivity index (χ1v) is 6.92. The maximum absolute atomic E-state index is 12.0. The second-order valence-electron chi connectivity index (χ2n) is 4.96. The molecule has 0 saturated carbocycles. The van der Waals surface area contributed by atoms with E-state index >= 15 is 0 Å². The van der Waals surface area contributed by atoms with Gasteiger partial charge in [-0.1, -0.05) is 17.7 Å². The highest BCUT2D eigenvalue weighted by molar-refractivity contribution is 6.30. The third-order valence-corrected chi connectivity index (χ3v) is 3.70. The van der Waals surface area contributed by atoms with Crippen LogP contribution in [-0.2, 0) is 6.42 Å². The number of rotatable bonds is 5. The summed E-state index contributed by atoms with van der Waals surface area (Å²) in [6.45, 7) is 0.628. The highest BCUT2D eigenvalue weighted by atomic mass is 35.5. The Kier molecular flexibility index (Phi) is 4.74. The standard InChI is InChI=1S/C14H17ClF3N/c15-11-4-5-12-10(9-11)3-6-13(12)19-8-2-1-7-14(16,17)18/h4-5,9,13,19H,1-3,6-8H2. The molecule has 1 aromatic rings. The van der Waals surface area contributed by atoms with E-state index in [1.807, 2.05) is 18.2 Å². The van der Waals surface area contributed by atoms with Crippen molar-refractivity contribution in [3.63, 3.8) is 0 Å².